The van der Waals surface area contributed by atoms with Crippen molar-refractivity contribution in [2.45, 2.75) is 165 Å². The maximum absolute atomic E-state index is 12.9. The molecule has 0 spiro atoms. The quantitative estimate of drug-likeness (QED) is 0.0547. The van der Waals surface area contributed by atoms with Crippen molar-refractivity contribution in [3.63, 3.8) is 0 Å². The van der Waals surface area contributed by atoms with Crippen LogP contribution in [0.15, 0.2) is 12.3 Å². The van der Waals surface area contributed by atoms with Gasteiger partial charge in [-0.1, -0.05) is 133 Å². The van der Waals surface area contributed by atoms with Crippen LogP contribution >= 0.6 is 0 Å². The van der Waals surface area contributed by atoms with Gasteiger partial charge in [0.2, 0.25) is 5.91 Å². The average Bonchev–Trinajstić information content (AvgIpc) is 2.94. The molecule has 0 aliphatic carbocycles. The molecular weight excluding hydrogens is 532 g/mol. The van der Waals surface area contributed by atoms with Gasteiger partial charge in [0.15, 0.2) is 0 Å². The van der Waals surface area contributed by atoms with Gasteiger partial charge in [-0.25, -0.2) is 0 Å². The predicted molar refractivity (Wildman–Crippen MR) is 186 cm³/mol. The molecule has 0 aromatic rings. The Balaban J connectivity index is 4.78. The highest BCUT2D eigenvalue weighted by molar-refractivity contribution is 5.78. The second-order valence-electron chi connectivity index (χ2n) is 15.1. The van der Waals surface area contributed by atoms with Crippen molar-refractivity contribution in [3.05, 3.63) is 12.3 Å². The van der Waals surface area contributed by atoms with Crippen LogP contribution in [0.5, 0.6) is 0 Å². The number of rotatable bonds is 28. The van der Waals surface area contributed by atoms with Gasteiger partial charge in [0.05, 0.1) is 12.4 Å². The van der Waals surface area contributed by atoms with Crippen LogP contribution in [0.2, 0.25) is 0 Å². The van der Waals surface area contributed by atoms with Gasteiger partial charge in [-0.15, -0.1) is 0 Å². The van der Waals surface area contributed by atoms with Crippen LogP contribution in [0.1, 0.15) is 165 Å². The molecule has 0 aliphatic heterocycles. The van der Waals surface area contributed by atoms with Crippen LogP contribution in [0.3, 0.4) is 0 Å². The van der Waals surface area contributed by atoms with Crippen LogP contribution in [0, 0.1) is 22.2 Å². The van der Waals surface area contributed by atoms with Gasteiger partial charge in [0.25, 0.3) is 0 Å². The van der Waals surface area contributed by atoms with E-state index in [0.717, 1.165) is 50.8 Å². The molecule has 1 N–H and O–H groups in total. The number of allylic oxidation sites excluding steroid dienone is 1. The number of ether oxygens (including phenoxy) is 1. The summed E-state index contributed by atoms with van der Waals surface area (Å²) in [6.45, 7) is 26.3. The maximum atomic E-state index is 12.9. The van der Waals surface area contributed by atoms with Gasteiger partial charge in [-0.2, -0.15) is 0 Å². The largest absolute Gasteiger partial charge is 0.498 e. The number of hydrogen-bond acceptors (Lipinski definition) is 4. The Hall–Kier alpha value is -1.36. The molecule has 2 atom stereocenters. The summed E-state index contributed by atoms with van der Waals surface area (Å²) >= 11 is 0. The molecule has 0 saturated carbocycles. The molecule has 0 fully saturated rings. The van der Waals surface area contributed by atoms with Crippen molar-refractivity contribution < 1.29 is 14.3 Å². The van der Waals surface area contributed by atoms with Crippen molar-refractivity contribution in [1.82, 2.24) is 10.2 Å². The molecule has 5 nitrogen and oxygen atoms in total. The zero-order chi connectivity index (χ0) is 32.8. The van der Waals surface area contributed by atoms with Gasteiger partial charge >= 0.3 is 0 Å². The monoisotopic (exact) mass is 607 g/mol. The van der Waals surface area contributed by atoms with E-state index in [1.165, 1.54) is 70.6 Å². The lowest BCUT2D eigenvalue weighted by Crippen LogP contribution is -2.41. The third-order valence-electron chi connectivity index (χ3n) is 10.2. The van der Waals surface area contributed by atoms with Gasteiger partial charge in [-0.05, 0) is 56.0 Å². The highest BCUT2D eigenvalue weighted by Gasteiger charge is 2.46. The molecule has 0 aromatic heterocycles. The Morgan fingerprint density at radius 2 is 1.40 bits per heavy atom. The average molecular weight is 607 g/mol. The van der Waals surface area contributed by atoms with Crippen LogP contribution in [0.25, 0.3) is 0 Å². The fourth-order valence-electron chi connectivity index (χ4n) is 6.10. The summed E-state index contributed by atoms with van der Waals surface area (Å²) in [5.41, 5.74) is 0.0233. The minimum atomic E-state index is -0.164. The minimum absolute atomic E-state index is 0.00894. The highest BCUT2D eigenvalue weighted by Crippen LogP contribution is 2.53. The van der Waals surface area contributed by atoms with Crippen molar-refractivity contribution in [3.8, 4) is 0 Å². The molecule has 0 aliphatic rings. The lowest BCUT2D eigenvalue weighted by atomic mass is 9.57. The molecule has 0 aromatic carbocycles. The van der Waals surface area contributed by atoms with E-state index in [4.69, 9.17) is 4.74 Å². The van der Waals surface area contributed by atoms with Gasteiger partial charge in [0, 0.05) is 31.3 Å². The first kappa shape index (κ1) is 41.6. The third kappa shape index (κ3) is 17.6. The molecular formula is C38H74N2O3. The molecule has 0 bridgehead atoms. The molecule has 0 saturated heterocycles. The molecule has 254 valence electrons. The van der Waals surface area contributed by atoms with E-state index in [0.29, 0.717) is 31.9 Å². The molecule has 0 rings (SSSR count). The van der Waals surface area contributed by atoms with E-state index in [-0.39, 0.29) is 22.2 Å². The first-order valence-corrected chi connectivity index (χ1v) is 17.9. The lowest BCUT2D eigenvalue weighted by Gasteiger charge is -2.49. The molecule has 0 radical (unpaired) electrons. The minimum Gasteiger partial charge on any atom is -0.498 e. The summed E-state index contributed by atoms with van der Waals surface area (Å²) in [6.07, 6.45) is 19.7. The number of unbranched alkanes of at least 4 members (excludes halogenated alkanes) is 10. The first-order chi connectivity index (χ1) is 20.3. The second kappa shape index (κ2) is 23.0. The van der Waals surface area contributed by atoms with Crippen molar-refractivity contribution >= 4 is 12.2 Å². The van der Waals surface area contributed by atoms with Gasteiger partial charge in [0.1, 0.15) is 6.29 Å². The Labute approximate surface area is 268 Å². The smallest absolute Gasteiger partial charge is 0.222 e. The normalized spacial score (nSPS) is 14.3. The summed E-state index contributed by atoms with van der Waals surface area (Å²) in [5.74, 6) is 1.59. The van der Waals surface area contributed by atoms with Crippen LogP contribution < -0.4 is 5.32 Å². The van der Waals surface area contributed by atoms with Crippen LogP contribution in [-0.4, -0.2) is 50.4 Å². The number of aldehydes is 1. The van der Waals surface area contributed by atoms with E-state index < -0.39 is 0 Å². The van der Waals surface area contributed by atoms with E-state index >= 15 is 0 Å². The third-order valence-corrected chi connectivity index (χ3v) is 10.2. The molecule has 43 heavy (non-hydrogen) atoms. The van der Waals surface area contributed by atoms with Crippen LogP contribution in [-0.2, 0) is 14.3 Å². The van der Waals surface area contributed by atoms with E-state index in [1.807, 2.05) is 11.9 Å². The number of hydrogen-bond donors (Lipinski definition) is 1. The van der Waals surface area contributed by atoms with Crippen molar-refractivity contribution in [2.24, 2.45) is 22.2 Å². The number of amides is 1. The number of nitrogens with zero attached hydrogens (tertiary/aromatic N) is 1. The molecule has 2 unspecified atom stereocenters. The van der Waals surface area contributed by atoms with E-state index in [9.17, 15) is 9.59 Å². The second-order valence-corrected chi connectivity index (χ2v) is 15.1. The fourth-order valence-corrected chi connectivity index (χ4v) is 6.10. The Morgan fingerprint density at radius 1 is 0.860 bits per heavy atom. The molecule has 5 heteroatoms. The standard InChI is InChI=1S/C38H74N2O3/c1-11-12-25-33(2)37(7,8)32-38(9,36(4,5)6)34(3)43-31-24-29-40(35(42)26-23-30-41)28-22-20-18-16-14-13-15-17-19-21-27-39-10/h30,33,39H,3,11-29,31-32H2,1-2,4-10H3. The Kier molecular flexibility index (Phi) is 22.3. The summed E-state index contributed by atoms with van der Waals surface area (Å²) in [6, 6.07) is 0. The first-order valence-electron chi connectivity index (χ1n) is 17.9. The van der Waals surface area contributed by atoms with Crippen LogP contribution in [0.4, 0.5) is 0 Å². The topological polar surface area (TPSA) is 58.6 Å². The number of nitrogens with one attached hydrogen (secondary N) is 1. The van der Waals surface area contributed by atoms with E-state index in [1.54, 1.807) is 0 Å². The Bertz CT molecular complexity index is 742. The highest BCUT2D eigenvalue weighted by atomic mass is 16.5. The van der Waals surface area contributed by atoms with Gasteiger partial charge in [-0.3, -0.25) is 4.79 Å². The number of carbonyl (C=O) groups excluding carboxylic acids is 2. The Morgan fingerprint density at radius 3 is 1.91 bits per heavy atom. The summed E-state index contributed by atoms with van der Waals surface area (Å²) in [5, 5.41) is 3.22. The zero-order valence-electron chi connectivity index (χ0n) is 30.4. The maximum Gasteiger partial charge on any atom is 0.222 e. The van der Waals surface area contributed by atoms with Crippen molar-refractivity contribution in [2.75, 3.05) is 33.3 Å². The van der Waals surface area contributed by atoms with Crippen molar-refractivity contribution in [1.29, 1.82) is 0 Å². The lowest BCUT2D eigenvalue weighted by molar-refractivity contribution is -0.132. The SMILES string of the molecule is C=C(OCCCN(CCCCCCCCCCCCNC)C(=O)CCC=O)C(C)(CC(C)(C)C(C)CCCC)C(C)(C)C. The number of carbonyl (C=O) groups is 2. The van der Waals surface area contributed by atoms with Gasteiger partial charge < -0.3 is 19.7 Å². The molecule has 1 amide bonds. The zero-order valence-corrected chi connectivity index (χ0v) is 30.4. The predicted octanol–water partition coefficient (Wildman–Crippen LogP) is 10.1. The van der Waals surface area contributed by atoms with E-state index in [2.05, 4.69) is 67.3 Å². The summed E-state index contributed by atoms with van der Waals surface area (Å²) in [7, 11) is 2.02. The molecule has 0 heterocycles. The fraction of sp³-hybridized carbons (Fsp3) is 0.895. The summed E-state index contributed by atoms with van der Waals surface area (Å²) in [4.78, 5) is 25.7. The summed E-state index contributed by atoms with van der Waals surface area (Å²) < 4.78 is 6.38.